The molecule has 1 N–H and O–H groups in total. The van der Waals surface area contributed by atoms with Gasteiger partial charge in [0.05, 0.1) is 0 Å². The van der Waals surface area contributed by atoms with Gasteiger partial charge in [-0.1, -0.05) is 11.6 Å². The molecule has 1 fully saturated rings. The molecule has 1 amide bonds. The van der Waals surface area contributed by atoms with Crippen molar-refractivity contribution in [1.29, 1.82) is 0 Å². The summed E-state index contributed by atoms with van der Waals surface area (Å²) in [5.74, 6) is 1.14. The van der Waals surface area contributed by atoms with Crippen LogP contribution in [-0.2, 0) is 4.79 Å². The maximum Gasteiger partial charge on any atom is 0.248 e. The first-order valence-electron chi connectivity index (χ1n) is 9.95. The fourth-order valence-electron chi connectivity index (χ4n) is 3.37. The molecular formula is C24H24ClN3O2. The van der Waals surface area contributed by atoms with Crippen LogP contribution in [0.3, 0.4) is 0 Å². The Morgan fingerprint density at radius 1 is 0.967 bits per heavy atom. The van der Waals surface area contributed by atoms with Gasteiger partial charge in [-0.25, -0.2) is 0 Å². The summed E-state index contributed by atoms with van der Waals surface area (Å²) in [6.45, 7) is 4.17. The zero-order valence-corrected chi connectivity index (χ0v) is 17.6. The van der Waals surface area contributed by atoms with E-state index in [-0.39, 0.29) is 5.91 Å². The van der Waals surface area contributed by atoms with Gasteiger partial charge >= 0.3 is 0 Å². The van der Waals surface area contributed by atoms with E-state index >= 15 is 0 Å². The number of furan rings is 1. The van der Waals surface area contributed by atoms with Crippen molar-refractivity contribution < 1.29 is 9.21 Å². The fraction of sp³-hybridized carbons (Fsp3) is 0.208. The molecule has 0 radical (unpaired) electrons. The van der Waals surface area contributed by atoms with Crippen LogP contribution in [0.25, 0.3) is 17.4 Å². The highest BCUT2D eigenvalue weighted by molar-refractivity contribution is 6.30. The fourth-order valence-corrected chi connectivity index (χ4v) is 3.50. The molecule has 0 spiro atoms. The Morgan fingerprint density at radius 3 is 2.37 bits per heavy atom. The molecule has 0 bridgehead atoms. The van der Waals surface area contributed by atoms with Crippen LogP contribution in [0.2, 0.25) is 5.02 Å². The van der Waals surface area contributed by atoms with Gasteiger partial charge in [-0.2, -0.15) is 0 Å². The molecule has 0 saturated carbocycles. The van der Waals surface area contributed by atoms with Crippen molar-refractivity contribution in [1.82, 2.24) is 4.90 Å². The molecule has 3 aromatic rings. The summed E-state index contributed by atoms with van der Waals surface area (Å²) in [6.07, 6.45) is 3.13. The lowest BCUT2D eigenvalue weighted by molar-refractivity contribution is -0.111. The molecule has 6 heteroatoms. The van der Waals surface area contributed by atoms with Gasteiger partial charge < -0.3 is 19.5 Å². The van der Waals surface area contributed by atoms with Crippen LogP contribution in [0.5, 0.6) is 0 Å². The Hall–Kier alpha value is -3.02. The molecule has 1 aromatic heterocycles. The van der Waals surface area contributed by atoms with Gasteiger partial charge in [-0.15, -0.1) is 0 Å². The van der Waals surface area contributed by atoms with Crippen LogP contribution in [0.1, 0.15) is 5.76 Å². The second-order valence-corrected chi connectivity index (χ2v) is 7.81. The van der Waals surface area contributed by atoms with E-state index < -0.39 is 0 Å². The summed E-state index contributed by atoms with van der Waals surface area (Å²) >= 11 is 5.92. The molecule has 5 nitrogen and oxygen atoms in total. The Balaban J connectivity index is 1.33. The number of halogens is 1. The quantitative estimate of drug-likeness (QED) is 0.589. The summed E-state index contributed by atoms with van der Waals surface area (Å²) in [4.78, 5) is 16.9. The van der Waals surface area contributed by atoms with Crippen molar-refractivity contribution >= 4 is 35.0 Å². The number of benzene rings is 2. The molecule has 0 unspecified atom stereocenters. The smallest absolute Gasteiger partial charge is 0.248 e. The van der Waals surface area contributed by atoms with Crippen molar-refractivity contribution in [3.63, 3.8) is 0 Å². The van der Waals surface area contributed by atoms with E-state index in [1.165, 1.54) is 11.8 Å². The third kappa shape index (κ3) is 5.12. The summed E-state index contributed by atoms with van der Waals surface area (Å²) < 4.78 is 5.78. The number of likely N-dealkylation sites (N-methyl/N-ethyl adjacent to an activating group) is 1. The normalized spacial score (nSPS) is 14.9. The van der Waals surface area contributed by atoms with Crippen LogP contribution < -0.4 is 10.2 Å². The molecule has 1 saturated heterocycles. The second-order valence-electron chi connectivity index (χ2n) is 7.37. The third-order valence-electron chi connectivity index (χ3n) is 5.16. The number of hydrogen-bond acceptors (Lipinski definition) is 4. The molecule has 154 valence electrons. The second kappa shape index (κ2) is 9.20. The average molecular weight is 422 g/mol. The Morgan fingerprint density at radius 2 is 1.67 bits per heavy atom. The summed E-state index contributed by atoms with van der Waals surface area (Å²) in [6, 6.07) is 19.1. The van der Waals surface area contributed by atoms with E-state index in [1.807, 2.05) is 48.5 Å². The van der Waals surface area contributed by atoms with Gasteiger partial charge in [0.25, 0.3) is 0 Å². The van der Waals surface area contributed by atoms with E-state index in [0.29, 0.717) is 10.8 Å². The van der Waals surface area contributed by atoms with Crippen molar-refractivity contribution in [2.75, 3.05) is 43.4 Å². The number of rotatable bonds is 5. The lowest BCUT2D eigenvalue weighted by atomic mass is 10.2. The molecule has 30 heavy (non-hydrogen) atoms. The monoisotopic (exact) mass is 421 g/mol. The number of anilines is 2. The van der Waals surface area contributed by atoms with Gasteiger partial charge in [0.1, 0.15) is 11.5 Å². The predicted molar refractivity (Wildman–Crippen MR) is 123 cm³/mol. The SMILES string of the molecule is CN1CCN(c2ccc(NC(=O)C=Cc3ccc(-c4ccc(Cl)cc4)o3)cc2)CC1. The van der Waals surface area contributed by atoms with E-state index in [1.54, 1.807) is 6.08 Å². The highest BCUT2D eigenvalue weighted by Gasteiger charge is 2.14. The first-order chi connectivity index (χ1) is 14.6. The van der Waals surface area contributed by atoms with E-state index in [0.717, 1.165) is 43.2 Å². The molecule has 2 aromatic carbocycles. The highest BCUT2D eigenvalue weighted by atomic mass is 35.5. The number of nitrogens with one attached hydrogen (secondary N) is 1. The van der Waals surface area contributed by atoms with Crippen molar-refractivity contribution in [2.45, 2.75) is 0 Å². The molecule has 1 aliphatic heterocycles. The summed E-state index contributed by atoms with van der Waals surface area (Å²) in [5.41, 5.74) is 2.88. The molecular weight excluding hydrogens is 398 g/mol. The van der Waals surface area contributed by atoms with Gasteiger partial charge in [0.15, 0.2) is 0 Å². The predicted octanol–water partition coefficient (Wildman–Crippen LogP) is 5.00. The highest BCUT2D eigenvalue weighted by Crippen LogP contribution is 2.24. The van der Waals surface area contributed by atoms with Crippen molar-refractivity contribution in [3.05, 3.63) is 77.5 Å². The summed E-state index contributed by atoms with van der Waals surface area (Å²) in [7, 11) is 2.14. The number of nitrogens with zero attached hydrogens (tertiary/aromatic N) is 2. The van der Waals surface area contributed by atoms with Gasteiger partial charge in [0.2, 0.25) is 5.91 Å². The Kier molecular flexibility index (Phi) is 6.21. The van der Waals surface area contributed by atoms with Crippen LogP contribution in [-0.4, -0.2) is 44.0 Å². The largest absolute Gasteiger partial charge is 0.457 e. The van der Waals surface area contributed by atoms with Crippen molar-refractivity contribution in [3.8, 4) is 11.3 Å². The topological polar surface area (TPSA) is 48.7 Å². The Labute approximate surface area is 181 Å². The minimum atomic E-state index is -0.202. The van der Waals surface area contributed by atoms with Crippen LogP contribution >= 0.6 is 11.6 Å². The maximum absolute atomic E-state index is 12.3. The molecule has 4 rings (SSSR count). The van der Waals surface area contributed by atoms with Gasteiger partial charge in [-0.3, -0.25) is 4.79 Å². The first kappa shape index (κ1) is 20.3. The van der Waals surface area contributed by atoms with Crippen LogP contribution in [0, 0.1) is 0 Å². The lowest BCUT2D eigenvalue weighted by Gasteiger charge is -2.34. The van der Waals surface area contributed by atoms with E-state index in [9.17, 15) is 4.79 Å². The zero-order chi connectivity index (χ0) is 20.9. The first-order valence-corrected chi connectivity index (χ1v) is 10.3. The number of piperazine rings is 1. The minimum absolute atomic E-state index is 0.202. The molecule has 0 atom stereocenters. The van der Waals surface area contributed by atoms with Crippen LogP contribution in [0.15, 0.2) is 71.2 Å². The Bertz CT molecular complexity index is 1020. The van der Waals surface area contributed by atoms with Gasteiger partial charge in [0, 0.05) is 54.2 Å². The minimum Gasteiger partial charge on any atom is -0.457 e. The molecule has 2 heterocycles. The number of hydrogen-bond donors (Lipinski definition) is 1. The molecule has 1 aliphatic rings. The third-order valence-corrected chi connectivity index (χ3v) is 5.41. The zero-order valence-electron chi connectivity index (χ0n) is 16.8. The maximum atomic E-state index is 12.3. The number of amides is 1. The van der Waals surface area contributed by atoms with Crippen molar-refractivity contribution in [2.24, 2.45) is 0 Å². The standard InChI is InChI=1S/C24H24ClN3O2/c1-27-14-16-28(17-15-27)21-8-6-20(7-9-21)26-24(29)13-11-22-10-12-23(30-22)18-2-4-19(25)5-3-18/h2-13H,14-17H2,1H3,(H,26,29). The van der Waals surface area contributed by atoms with E-state index in [4.69, 9.17) is 16.0 Å². The number of carbonyl (C=O) groups excluding carboxylic acids is 1. The number of carbonyl (C=O) groups is 1. The average Bonchev–Trinajstić information content (AvgIpc) is 3.23. The van der Waals surface area contributed by atoms with Crippen LogP contribution in [0.4, 0.5) is 11.4 Å². The van der Waals surface area contributed by atoms with E-state index in [2.05, 4.69) is 34.3 Å². The summed E-state index contributed by atoms with van der Waals surface area (Å²) in [5, 5.41) is 3.56. The lowest BCUT2D eigenvalue weighted by Crippen LogP contribution is -2.44. The molecule has 0 aliphatic carbocycles. The van der Waals surface area contributed by atoms with Gasteiger partial charge in [-0.05, 0) is 73.8 Å².